The first-order valence-corrected chi connectivity index (χ1v) is 9.28. The normalized spacial score (nSPS) is 16.4. The van der Waals surface area contributed by atoms with E-state index in [0.29, 0.717) is 36.0 Å². The summed E-state index contributed by atoms with van der Waals surface area (Å²) in [7, 11) is 1.26. The Morgan fingerprint density at radius 2 is 1.87 bits per heavy atom. The Bertz CT molecular complexity index is 1140. The summed E-state index contributed by atoms with van der Waals surface area (Å²) in [5.74, 6) is -3.81. The standard InChI is InChI=1S/C19H17F5N6O/c1-18(20,21)15-7-10(3-5-25-15)12-8-13-11(4-6-30(13)27-12)26-17(31)14-9-16(19(22,23)24)28-29(14)2/h3,5,7-9,11H,4,6H2,1-2H3,(H,26,31). The fourth-order valence-corrected chi connectivity index (χ4v) is 3.46. The van der Waals surface area contributed by atoms with Crippen molar-refractivity contribution in [2.45, 2.75) is 38.0 Å². The molecule has 31 heavy (non-hydrogen) atoms. The van der Waals surface area contributed by atoms with E-state index in [2.05, 4.69) is 20.5 Å². The van der Waals surface area contributed by atoms with Crippen LogP contribution in [0.2, 0.25) is 0 Å². The molecule has 1 aliphatic heterocycles. The average molecular weight is 440 g/mol. The van der Waals surface area contributed by atoms with Crippen LogP contribution in [0.5, 0.6) is 0 Å². The Morgan fingerprint density at radius 3 is 2.52 bits per heavy atom. The first kappa shape index (κ1) is 20.9. The molecule has 1 atom stereocenters. The highest BCUT2D eigenvalue weighted by Crippen LogP contribution is 2.33. The number of halogens is 5. The van der Waals surface area contributed by atoms with Crippen molar-refractivity contribution in [3.63, 3.8) is 0 Å². The molecule has 0 saturated carbocycles. The van der Waals surface area contributed by atoms with Crippen molar-refractivity contribution in [1.29, 1.82) is 0 Å². The van der Waals surface area contributed by atoms with E-state index in [4.69, 9.17) is 0 Å². The molecule has 0 aliphatic carbocycles. The molecule has 0 spiro atoms. The molecule has 3 aromatic heterocycles. The Morgan fingerprint density at radius 1 is 1.13 bits per heavy atom. The van der Waals surface area contributed by atoms with Crippen molar-refractivity contribution >= 4 is 5.91 Å². The Labute approximate surface area is 172 Å². The molecule has 12 heteroatoms. The van der Waals surface area contributed by atoms with Gasteiger partial charge >= 0.3 is 6.18 Å². The molecule has 3 aromatic rings. The molecule has 1 N–H and O–H groups in total. The van der Waals surface area contributed by atoms with Crippen LogP contribution in [0.25, 0.3) is 11.3 Å². The zero-order valence-electron chi connectivity index (χ0n) is 16.4. The van der Waals surface area contributed by atoms with Gasteiger partial charge in [-0.1, -0.05) is 0 Å². The maximum absolute atomic E-state index is 13.6. The zero-order valence-corrected chi connectivity index (χ0v) is 16.4. The molecule has 0 bridgehead atoms. The molecule has 0 radical (unpaired) electrons. The number of carbonyl (C=O) groups excluding carboxylic acids is 1. The summed E-state index contributed by atoms with van der Waals surface area (Å²) in [6.07, 6.45) is -2.89. The SMILES string of the molecule is Cn1nc(C(F)(F)F)cc1C(=O)NC1CCn2nc(-c3ccnc(C(C)(F)F)c3)cc21. The molecule has 4 rings (SSSR count). The number of aryl methyl sites for hydroxylation is 2. The number of rotatable bonds is 4. The van der Waals surface area contributed by atoms with Gasteiger partial charge in [-0.15, -0.1) is 0 Å². The molecule has 164 valence electrons. The van der Waals surface area contributed by atoms with Crippen molar-refractivity contribution in [2.24, 2.45) is 7.05 Å². The summed E-state index contributed by atoms with van der Waals surface area (Å²) in [5.41, 5.74) is -0.265. The van der Waals surface area contributed by atoms with E-state index in [1.54, 1.807) is 16.8 Å². The number of hydrogen-bond donors (Lipinski definition) is 1. The van der Waals surface area contributed by atoms with Gasteiger partial charge in [-0.05, 0) is 24.6 Å². The van der Waals surface area contributed by atoms with E-state index in [9.17, 15) is 26.7 Å². The second-order valence-electron chi connectivity index (χ2n) is 7.35. The first-order valence-electron chi connectivity index (χ1n) is 9.28. The van der Waals surface area contributed by atoms with Crippen LogP contribution in [0.3, 0.4) is 0 Å². The average Bonchev–Trinajstić information content (AvgIpc) is 3.36. The van der Waals surface area contributed by atoms with Gasteiger partial charge in [0.15, 0.2) is 5.69 Å². The maximum Gasteiger partial charge on any atom is 0.435 e. The van der Waals surface area contributed by atoms with E-state index in [1.807, 2.05) is 0 Å². The van der Waals surface area contributed by atoms with Gasteiger partial charge in [0.05, 0.1) is 17.4 Å². The van der Waals surface area contributed by atoms with Crippen molar-refractivity contribution < 1.29 is 26.7 Å². The summed E-state index contributed by atoms with van der Waals surface area (Å²) in [4.78, 5) is 16.2. The summed E-state index contributed by atoms with van der Waals surface area (Å²) < 4.78 is 68.2. The lowest BCUT2D eigenvalue weighted by atomic mass is 10.1. The first-order chi connectivity index (χ1) is 14.4. The molecule has 7 nitrogen and oxygen atoms in total. The van der Waals surface area contributed by atoms with Gasteiger partial charge in [0.2, 0.25) is 0 Å². The number of fused-ring (bicyclic) bond motifs is 1. The van der Waals surface area contributed by atoms with Gasteiger partial charge in [-0.2, -0.15) is 32.1 Å². The van der Waals surface area contributed by atoms with Crippen molar-refractivity contribution in [3.05, 3.63) is 53.2 Å². The summed E-state index contributed by atoms with van der Waals surface area (Å²) in [5, 5.41) is 10.4. The van der Waals surface area contributed by atoms with Gasteiger partial charge in [-0.3, -0.25) is 19.1 Å². The third kappa shape index (κ3) is 4.01. The minimum absolute atomic E-state index is 0.227. The highest BCUT2D eigenvalue weighted by molar-refractivity contribution is 5.93. The summed E-state index contributed by atoms with van der Waals surface area (Å²) >= 11 is 0. The molecule has 0 saturated heterocycles. The second kappa shape index (κ2) is 7.13. The number of amides is 1. The maximum atomic E-state index is 13.6. The van der Waals surface area contributed by atoms with E-state index in [1.165, 1.54) is 19.3 Å². The molecule has 4 heterocycles. The molecule has 0 aromatic carbocycles. The number of pyridine rings is 1. The summed E-state index contributed by atoms with van der Waals surface area (Å²) in [6.45, 7) is 1.21. The molecule has 1 aliphatic rings. The topological polar surface area (TPSA) is 77.6 Å². The smallest absolute Gasteiger partial charge is 0.342 e. The van der Waals surface area contributed by atoms with Crippen LogP contribution < -0.4 is 5.32 Å². The number of hydrogen-bond acceptors (Lipinski definition) is 4. The van der Waals surface area contributed by atoms with Crippen LogP contribution >= 0.6 is 0 Å². The Kier molecular flexibility index (Phi) is 4.82. The van der Waals surface area contributed by atoms with Crippen LogP contribution in [-0.4, -0.2) is 30.5 Å². The lowest BCUT2D eigenvalue weighted by Gasteiger charge is -2.12. The van der Waals surface area contributed by atoms with E-state index in [-0.39, 0.29) is 11.4 Å². The zero-order chi connectivity index (χ0) is 22.6. The third-order valence-electron chi connectivity index (χ3n) is 5.01. The molecular formula is C19H17F5N6O. The molecular weight excluding hydrogens is 423 g/mol. The van der Waals surface area contributed by atoms with Gasteiger partial charge in [-0.25, -0.2) is 0 Å². The van der Waals surface area contributed by atoms with Crippen LogP contribution in [0.4, 0.5) is 22.0 Å². The van der Waals surface area contributed by atoms with Crippen molar-refractivity contribution in [2.75, 3.05) is 0 Å². The molecule has 1 unspecified atom stereocenters. The van der Waals surface area contributed by atoms with Gasteiger partial charge in [0, 0.05) is 38.3 Å². The van der Waals surface area contributed by atoms with Crippen LogP contribution in [0, 0.1) is 0 Å². The third-order valence-corrected chi connectivity index (χ3v) is 5.01. The monoisotopic (exact) mass is 440 g/mol. The Balaban J connectivity index is 1.56. The lowest BCUT2D eigenvalue weighted by molar-refractivity contribution is -0.141. The van der Waals surface area contributed by atoms with Gasteiger partial charge in [0.25, 0.3) is 11.8 Å². The van der Waals surface area contributed by atoms with Gasteiger partial charge in [0.1, 0.15) is 11.4 Å². The summed E-state index contributed by atoms with van der Waals surface area (Å²) in [6, 6.07) is 4.66. The van der Waals surface area contributed by atoms with E-state index < -0.39 is 29.7 Å². The predicted molar refractivity (Wildman–Crippen MR) is 98.1 cm³/mol. The highest BCUT2D eigenvalue weighted by Gasteiger charge is 2.36. The van der Waals surface area contributed by atoms with E-state index in [0.717, 1.165) is 11.6 Å². The van der Waals surface area contributed by atoms with E-state index >= 15 is 0 Å². The minimum atomic E-state index is -4.66. The second-order valence-corrected chi connectivity index (χ2v) is 7.35. The predicted octanol–water partition coefficient (Wildman–Crippen LogP) is 3.68. The van der Waals surface area contributed by atoms with Crippen LogP contribution in [0.15, 0.2) is 30.5 Å². The highest BCUT2D eigenvalue weighted by atomic mass is 19.4. The van der Waals surface area contributed by atoms with Crippen molar-refractivity contribution in [1.82, 2.24) is 29.9 Å². The van der Waals surface area contributed by atoms with Gasteiger partial charge < -0.3 is 5.32 Å². The fourth-order valence-electron chi connectivity index (χ4n) is 3.46. The number of nitrogens with zero attached hydrogens (tertiary/aromatic N) is 5. The quantitative estimate of drug-likeness (QED) is 0.628. The molecule has 0 fully saturated rings. The van der Waals surface area contributed by atoms with Crippen LogP contribution in [-0.2, 0) is 25.7 Å². The fraction of sp³-hybridized carbons (Fsp3) is 0.368. The minimum Gasteiger partial charge on any atom is -0.342 e. The number of nitrogens with one attached hydrogen (secondary N) is 1. The largest absolute Gasteiger partial charge is 0.435 e. The molecule has 1 amide bonds. The number of alkyl halides is 5. The van der Waals surface area contributed by atoms with Crippen LogP contribution in [0.1, 0.15) is 47.0 Å². The number of aromatic nitrogens is 5. The van der Waals surface area contributed by atoms with Crippen molar-refractivity contribution in [3.8, 4) is 11.3 Å². The number of carbonyl (C=O) groups is 1. The lowest BCUT2D eigenvalue weighted by Crippen LogP contribution is -2.28. The Hall–Kier alpha value is -3.31.